The Kier molecular flexibility index (Phi) is 26.8. The van der Waals surface area contributed by atoms with E-state index >= 15 is 0 Å². The lowest BCUT2D eigenvalue weighted by Crippen LogP contribution is -2.42. The Hall–Kier alpha value is -7.91. The second kappa shape index (κ2) is 36.3. The molecule has 0 fully saturated rings. The molecule has 27 heteroatoms. The third-order valence-corrected chi connectivity index (χ3v) is 27.8. The van der Waals surface area contributed by atoms with Crippen molar-refractivity contribution in [2.45, 2.75) is 190 Å². The molecule has 0 saturated heterocycles. The maximum Gasteiger partial charge on any atom is 0.238 e. The van der Waals surface area contributed by atoms with Crippen LogP contribution in [-0.4, -0.2) is 217 Å². The normalized spacial score (nSPS) is 16.4. The molecule has 616 valence electrons. The highest BCUT2D eigenvalue weighted by Crippen LogP contribution is 2.54. The third-order valence-electron chi connectivity index (χ3n) is 24.4. The topological polar surface area (TPSA) is 287 Å². The molecule has 0 unspecified atom stereocenters. The van der Waals surface area contributed by atoms with Crippen molar-refractivity contribution >= 4 is 83.6 Å². The number of carbonyl (C=O) groups is 3. The molecule has 0 bridgehead atoms. The zero-order valence-corrected chi connectivity index (χ0v) is 71.5. The number of hydrogen-bond acceptors (Lipinski definition) is 16. The average molecular weight is 1600 g/mol. The van der Waals surface area contributed by atoms with Gasteiger partial charge in [0.1, 0.15) is 24.8 Å². The Labute approximate surface area is 672 Å². The third kappa shape index (κ3) is 16.7. The first kappa shape index (κ1) is 84.0. The van der Waals surface area contributed by atoms with Gasteiger partial charge in [-0.25, -0.2) is 9.36 Å². The fourth-order valence-corrected chi connectivity index (χ4v) is 19.7. The van der Waals surface area contributed by atoms with Gasteiger partial charge in [0.25, 0.3) is 0 Å². The number of aromatic nitrogens is 9. The number of anilines is 3. The molecule has 3 aliphatic heterocycles. The van der Waals surface area contributed by atoms with Gasteiger partial charge in [0, 0.05) is 207 Å². The number of aromatic amines is 4. The quantitative estimate of drug-likeness (QED) is 0.0121. The summed E-state index contributed by atoms with van der Waals surface area (Å²) in [5.41, 5.74) is 20.8. The molecule has 6 N–H and O–H groups in total. The van der Waals surface area contributed by atoms with Crippen molar-refractivity contribution in [3.05, 3.63) is 118 Å². The Morgan fingerprint density at radius 2 is 0.816 bits per heavy atom. The van der Waals surface area contributed by atoms with Gasteiger partial charge >= 0.3 is 0 Å². The highest BCUT2D eigenvalue weighted by molar-refractivity contribution is 6.76. The second-order valence-corrected chi connectivity index (χ2v) is 45.5. The van der Waals surface area contributed by atoms with E-state index in [9.17, 15) is 24.6 Å². The van der Waals surface area contributed by atoms with Crippen LogP contribution in [0.3, 0.4) is 0 Å². The number of aliphatic hydroxyl groups excluding tert-OH is 2. The van der Waals surface area contributed by atoms with Gasteiger partial charge in [-0.05, 0) is 208 Å². The lowest BCUT2D eigenvalue weighted by molar-refractivity contribution is -0.125. The summed E-state index contributed by atoms with van der Waals surface area (Å²) in [6.45, 7) is 25.0. The van der Waals surface area contributed by atoms with Crippen molar-refractivity contribution in [3.63, 3.8) is 0 Å². The predicted octanol–water partition coefficient (Wildman–Crippen LogP) is 13.6. The minimum absolute atomic E-state index is 0.0390. The van der Waals surface area contributed by atoms with Crippen LogP contribution in [0.15, 0.2) is 67.6 Å². The van der Waals surface area contributed by atoms with Crippen molar-refractivity contribution in [2.24, 2.45) is 0 Å². The average Bonchev–Trinajstić information content (AvgIpc) is 1.57. The van der Waals surface area contributed by atoms with Crippen LogP contribution in [0.4, 0.5) is 17.1 Å². The van der Waals surface area contributed by atoms with Crippen LogP contribution in [0, 0.1) is 0 Å². The van der Waals surface area contributed by atoms with Crippen molar-refractivity contribution in [1.82, 2.24) is 44.7 Å². The maximum absolute atomic E-state index is 14.1. The summed E-state index contributed by atoms with van der Waals surface area (Å²) < 4.78 is 48.6. The molecule has 0 atom stereocenters. The first-order valence-corrected chi connectivity index (χ1v) is 48.6. The zero-order chi connectivity index (χ0) is 80.7. The zero-order valence-electron chi connectivity index (χ0n) is 69.5. The van der Waals surface area contributed by atoms with Gasteiger partial charge in [-0.15, -0.1) is 6.58 Å². The molecule has 0 radical (unpaired) electrons. The van der Waals surface area contributed by atoms with Crippen molar-refractivity contribution in [1.29, 1.82) is 0 Å². The summed E-state index contributed by atoms with van der Waals surface area (Å²) >= 11 is 0. The standard InChI is InChI=1S/C31H46N4O5Si.C31H44N4O4Si.C25H32N4O4/c1-38-14-10-31(11-15-39-2)25-19-26-24(18-27(25)35(30(31)37)12-7-13-36)23-9-6-8-22-20-34(33-28(22)29(23)32-26)21-40-16-17-41(3,4)5;1-7-13-35-27-18-24-23-10-8-9-22-20-34(21-39-16-17-40(4,5)6)33-28(22)29(23)32-26(24)19-25(27)31(30(35)36,11-14-37-2)12-15-38-3;1-32-11-7-25(8-12-33-2)19-14-20-18(13-21(19)29(24(25)31)9-4-10-30)17-6-3-5-16-15-26-28-22(16)23(17)27-20/h18-20,32,36H,6-17,21H2,1-5H3;7,18-20,32H,1,8-17,21H2,2-6H3;13-15,27,30H,3-12H2,1-2H3,(H,26,28). The smallest absolute Gasteiger partial charge is 0.238 e. The Morgan fingerprint density at radius 1 is 0.465 bits per heavy atom. The lowest BCUT2D eigenvalue weighted by Gasteiger charge is -2.28. The number of fused-ring (bicyclic) bond motifs is 18. The summed E-state index contributed by atoms with van der Waals surface area (Å²) in [6.07, 6.45) is 21.6. The molecular weight excluding hydrogens is 1480 g/mol. The summed E-state index contributed by atoms with van der Waals surface area (Å²) in [5.74, 6) is 0.254. The van der Waals surface area contributed by atoms with E-state index in [4.69, 9.17) is 48.1 Å². The molecule has 3 aromatic carbocycles. The van der Waals surface area contributed by atoms with Gasteiger partial charge in [0.15, 0.2) is 0 Å². The fraction of sp³-hybridized carbons (Fsp3) is 0.563. The molecule has 15 rings (SSSR count). The van der Waals surface area contributed by atoms with E-state index in [-0.39, 0.29) is 30.9 Å². The van der Waals surface area contributed by atoms with Crippen molar-refractivity contribution < 1.29 is 62.5 Å². The van der Waals surface area contributed by atoms with Crippen LogP contribution >= 0.6 is 0 Å². The molecule has 25 nitrogen and oxygen atoms in total. The molecule has 6 aromatic heterocycles. The van der Waals surface area contributed by atoms with E-state index in [1.165, 1.54) is 38.8 Å². The van der Waals surface area contributed by atoms with Crippen molar-refractivity contribution in [2.75, 3.05) is 143 Å². The Morgan fingerprint density at radius 3 is 1.18 bits per heavy atom. The number of H-pyrrole nitrogens is 4. The number of carbonyl (C=O) groups excluding carboxylic acids is 3. The van der Waals surface area contributed by atoms with E-state index in [0.29, 0.717) is 124 Å². The number of aliphatic hydroxyl groups is 2. The van der Waals surface area contributed by atoms with Crippen LogP contribution in [0.1, 0.15) is 121 Å². The van der Waals surface area contributed by atoms with E-state index in [1.807, 2.05) is 30.3 Å². The molecule has 0 saturated carbocycles. The second-order valence-electron chi connectivity index (χ2n) is 34.3. The number of hydrogen-bond donors (Lipinski definition) is 6. The number of benzene rings is 3. The Bertz CT molecular complexity index is 4850. The monoisotopic (exact) mass is 1600 g/mol. The minimum Gasteiger partial charge on any atom is -0.396 e. The minimum atomic E-state index is -1.14. The summed E-state index contributed by atoms with van der Waals surface area (Å²) in [6, 6.07) is 15.4. The fourth-order valence-electron chi connectivity index (χ4n) is 18.2. The lowest BCUT2D eigenvalue weighted by atomic mass is 9.76. The number of nitrogens with one attached hydrogen (secondary N) is 4. The van der Waals surface area contributed by atoms with Gasteiger partial charge < -0.3 is 77.8 Å². The predicted molar refractivity (Wildman–Crippen MR) is 454 cm³/mol. The molecule has 114 heavy (non-hydrogen) atoms. The van der Waals surface area contributed by atoms with Crippen LogP contribution in [0.2, 0.25) is 51.4 Å². The highest BCUT2D eigenvalue weighted by Gasteiger charge is 2.54. The first-order chi connectivity index (χ1) is 55.1. The SMILES string of the molecule is C=CCN1C(=O)C(CCOC)(CCOC)c2cc3[nH]c4c(c3cc21)CCCc1cn(COCC[Si](C)(C)C)nc1-4.COCCC1(CCOC)C(=O)N(CCCO)c2cc3c4c([nH]c3cc21)-c1[nH]ncc1CCC4.COCCC1(CCOC)C(=O)N(CCCO)c2cc3c4c([nH]c3cc21)-c1nn(COCC[Si](C)(C)C)cc1CCC4. The summed E-state index contributed by atoms with van der Waals surface area (Å²) in [7, 11) is 7.79. The largest absolute Gasteiger partial charge is 0.396 e. The number of methoxy groups -OCH3 is 6. The van der Waals surface area contributed by atoms with E-state index in [1.54, 1.807) is 48.7 Å². The molecule has 3 amide bonds. The number of rotatable bonds is 36. The van der Waals surface area contributed by atoms with Gasteiger partial charge in [-0.1, -0.05) is 45.4 Å². The van der Waals surface area contributed by atoms with Crippen LogP contribution in [-0.2, 0) is 121 Å². The molecule has 0 spiro atoms. The van der Waals surface area contributed by atoms with Gasteiger partial charge in [0.2, 0.25) is 17.7 Å². The number of aryl methyl sites for hydroxylation is 6. The highest BCUT2D eigenvalue weighted by atomic mass is 28.3. The summed E-state index contributed by atoms with van der Waals surface area (Å²) in [5, 5.41) is 40.0. The summed E-state index contributed by atoms with van der Waals surface area (Å²) in [4.78, 5) is 58.7. The maximum atomic E-state index is 14.1. The first-order valence-electron chi connectivity index (χ1n) is 41.2. The Balaban J connectivity index is 0.000000150. The van der Waals surface area contributed by atoms with Gasteiger partial charge in [0.05, 0.1) is 45.2 Å². The van der Waals surface area contributed by atoms with Crippen molar-refractivity contribution in [3.8, 4) is 34.2 Å². The molecule has 3 aliphatic carbocycles. The number of amides is 3. The van der Waals surface area contributed by atoms with Crippen LogP contribution in [0.25, 0.3) is 66.9 Å². The van der Waals surface area contributed by atoms with E-state index < -0.39 is 32.4 Å². The van der Waals surface area contributed by atoms with Crippen LogP contribution < -0.4 is 14.7 Å². The van der Waals surface area contributed by atoms with Gasteiger partial charge in [-0.3, -0.25) is 19.5 Å². The number of ether oxygens (including phenoxy) is 8. The molecule has 9 aromatic rings. The van der Waals surface area contributed by atoms with E-state index in [0.717, 1.165) is 178 Å². The molecule has 9 heterocycles. The molecular formula is C87H122N12O13Si2. The van der Waals surface area contributed by atoms with E-state index in [2.05, 4.69) is 120 Å². The number of nitrogens with zero attached hydrogens (tertiary/aromatic N) is 8. The van der Waals surface area contributed by atoms with Gasteiger partial charge in [-0.2, -0.15) is 15.3 Å². The van der Waals surface area contributed by atoms with Crippen LogP contribution in [0.5, 0.6) is 0 Å². The molecule has 6 aliphatic rings.